The van der Waals surface area contributed by atoms with Gasteiger partial charge in [-0.1, -0.05) is 12.1 Å². The van der Waals surface area contributed by atoms with Crippen LogP contribution in [0, 0.1) is 0 Å². The molecule has 1 aromatic carbocycles. The van der Waals surface area contributed by atoms with Gasteiger partial charge in [0.15, 0.2) is 0 Å². The average Bonchev–Trinajstić information content (AvgIpc) is 2.63. The van der Waals surface area contributed by atoms with E-state index in [0.717, 1.165) is 5.01 Å². The molecule has 0 atom stereocenters. The molecule has 0 aliphatic carbocycles. The van der Waals surface area contributed by atoms with Gasteiger partial charge in [0.25, 0.3) is 11.8 Å². The molecule has 0 radical (unpaired) electrons. The van der Waals surface area contributed by atoms with Gasteiger partial charge in [-0.3, -0.25) is 9.59 Å². The van der Waals surface area contributed by atoms with Crippen LogP contribution >= 0.6 is 23.2 Å². The van der Waals surface area contributed by atoms with Crippen molar-refractivity contribution in [2.45, 2.75) is 0 Å². The molecule has 0 unspecified atom stereocenters. The van der Waals surface area contributed by atoms with Crippen molar-refractivity contribution in [2.75, 3.05) is 24.8 Å². The van der Waals surface area contributed by atoms with Crippen LogP contribution < -0.4 is 0 Å². The first-order valence-electron chi connectivity index (χ1n) is 5.55. The summed E-state index contributed by atoms with van der Waals surface area (Å²) in [4.78, 5) is 24.4. The molecule has 0 fully saturated rings. The molecule has 18 heavy (non-hydrogen) atoms. The lowest BCUT2D eigenvalue weighted by atomic mass is 10.1. The van der Waals surface area contributed by atoms with Crippen LogP contribution in [0.5, 0.6) is 0 Å². The van der Waals surface area contributed by atoms with Crippen LogP contribution in [0.1, 0.15) is 20.7 Å². The van der Waals surface area contributed by atoms with E-state index in [0.29, 0.717) is 36.0 Å². The topological polar surface area (TPSA) is 40.6 Å². The van der Waals surface area contributed by atoms with Gasteiger partial charge in [-0.25, -0.2) is 10.0 Å². The minimum atomic E-state index is -0.314. The Morgan fingerprint density at radius 3 is 1.78 bits per heavy atom. The van der Waals surface area contributed by atoms with Crippen LogP contribution in [-0.4, -0.2) is 46.7 Å². The first-order valence-corrected chi connectivity index (χ1v) is 6.62. The van der Waals surface area contributed by atoms with Gasteiger partial charge in [0, 0.05) is 24.8 Å². The van der Waals surface area contributed by atoms with E-state index in [1.54, 1.807) is 29.3 Å². The maximum Gasteiger partial charge on any atom is 0.276 e. The van der Waals surface area contributed by atoms with Crippen LogP contribution in [0.25, 0.3) is 0 Å². The molecular weight excluding hydrogens is 275 g/mol. The van der Waals surface area contributed by atoms with Crippen molar-refractivity contribution in [1.29, 1.82) is 0 Å². The normalized spacial score (nSPS) is 14.5. The molecule has 1 aromatic rings. The van der Waals surface area contributed by atoms with Crippen LogP contribution in [0.3, 0.4) is 0 Å². The summed E-state index contributed by atoms with van der Waals surface area (Å²) in [5.74, 6) is 0.0193. The summed E-state index contributed by atoms with van der Waals surface area (Å²) in [6.45, 7) is 0.805. The van der Waals surface area contributed by atoms with Crippen molar-refractivity contribution in [2.24, 2.45) is 0 Å². The Hall–Kier alpha value is -1.10. The number of amides is 2. The number of carbonyl (C=O) groups excluding carboxylic acids is 2. The molecule has 1 aliphatic rings. The fraction of sp³-hybridized carbons (Fsp3) is 0.333. The Morgan fingerprint density at radius 1 is 0.944 bits per heavy atom. The number of alkyl halides is 2. The van der Waals surface area contributed by atoms with Crippen molar-refractivity contribution in [3.63, 3.8) is 0 Å². The highest BCUT2D eigenvalue weighted by atomic mass is 35.5. The maximum absolute atomic E-state index is 12.2. The summed E-state index contributed by atoms with van der Waals surface area (Å²) >= 11 is 11.4. The predicted octanol–water partition coefficient (Wildman–Crippen LogP) is 1.98. The highest BCUT2D eigenvalue weighted by molar-refractivity contribution is 6.21. The fourth-order valence-corrected chi connectivity index (χ4v) is 2.33. The molecule has 0 saturated heterocycles. The summed E-state index contributed by atoms with van der Waals surface area (Å²) in [5.41, 5.74) is 0.855. The van der Waals surface area contributed by atoms with Gasteiger partial charge in [-0.2, -0.15) is 0 Å². The van der Waals surface area contributed by atoms with Gasteiger partial charge in [0.2, 0.25) is 0 Å². The van der Waals surface area contributed by atoms with Crippen molar-refractivity contribution >= 4 is 35.0 Å². The molecule has 0 aromatic heterocycles. The van der Waals surface area contributed by atoms with Crippen molar-refractivity contribution in [3.8, 4) is 0 Å². The minimum Gasteiger partial charge on any atom is -0.267 e. The van der Waals surface area contributed by atoms with E-state index >= 15 is 0 Å². The highest BCUT2D eigenvalue weighted by Gasteiger charge is 2.38. The number of fused-ring (bicyclic) bond motifs is 1. The van der Waals surface area contributed by atoms with Crippen molar-refractivity contribution in [1.82, 2.24) is 10.0 Å². The van der Waals surface area contributed by atoms with Crippen LogP contribution in [-0.2, 0) is 0 Å². The second kappa shape index (κ2) is 5.69. The molecule has 2 rings (SSSR count). The SMILES string of the molecule is O=C1c2ccccc2C(=O)N1N(CCCl)CCCl. The quantitative estimate of drug-likeness (QED) is 0.614. The van der Waals surface area contributed by atoms with Gasteiger partial charge in [-0.15, -0.1) is 23.2 Å². The molecular formula is C12H12Cl2N2O2. The fourth-order valence-electron chi connectivity index (χ4n) is 1.94. The summed E-state index contributed by atoms with van der Waals surface area (Å²) in [7, 11) is 0. The lowest BCUT2D eigenvalue weighted by Crippen LogP contribution is -2.48. The smallest absolute Gasteiger partial charge is 0.267 e. The largest absolute Gasteiger partial charge is 0.276 e. The number of rotatable bonds is 5. The number of hydrogen-bond donors (Lipinski definition) is 0. The molecule has 1 heterocycles. The lowest BCUT2D eigenvalue weighted by Gasteiger charge is -2.28. The Balaban J connectivity index is 2.31. The molecule has 1 aliphatic heterocycles. The molecule has 96 valence electrons. The second-order valence-corrected chi connectivity index (χ2v) is 4.56. The molecule has 2 amide bonds. The summed E-state index contributed by atoms with van der Waals surface area (Å²) in [5, 5.41) is 2.72. The molecule has 0 N–H and O–H groups in total. The van der Waals surface area contributed by atoms with E-state index in [1.165, 1.54) is 0 Å². The number of halogens is 2. The van der Waals surface area contributed by atoms with Crippen LogP contribution in [0.4, 0.5) is 0 Å². The van der Waals surface area contributed by atoms with Gasteiger partial charge in [-0.05, 0) is 12.1 Å². The summed E-state index contributed by atoms with van der Waals surface area (Å²) < 4.78 is 0. The number of hydrogen-bond acceptors (Lipinski definition) is 3. The zero-order valence-corrected chi connectivity index (χ0v) is 11.1. The van der Waals surface area contributed by atoms with E-state index < -0.39 is 0 Å². The zero-order valence-electron chi connectivity index (χ0n) is 9.60. The number of carbonyl (C=O) groups is 2. The molecule has 6 heteroatoms. The number of nitrogens with zero attached hydrogens (tertiary/aromatic N) is 2. The van der Waals surface area contributed by atoms with Gasteiger partial charge in [0.05, 0.1) is 11.1 Å². The van der Waals surface area contributed by atoms with Gasteiger partial charge in [0.1, 0.15) is 0 Å². The van der Waals surface area contributed by atoms with Crippen molar-refractivity contribution < 1.29 is 9.59 Å². The van der Waals surface area contributed by atoms with Gasteiger partial charge < -0.3 is 0 Å². The Kier molecular flexibility index (Phi) is 4.22. The Bertz CT molecular complexity index is 438. The van der Waals surface area contributed by atoms with E-state index in [-0.39, 0.29) is 11.8 Å². The first kappa shape index (κ1) is 13.3. The Morgan fingerprint density at radius 2 is 1.39 bits per heavy atom. The number of imide groups is 1. The molecule has 0 bridgehead atoms. The molecule has 0 saturated carbocycles. The van der Waals surface area contributed by atoms with E-state index in [4.69, 9.17) is 23.2 Å². The average molecular weight is 287 g/mol. The monoisotopic (exact) mass is 286 g/mol. The maximum atomic E-state index is 12.2. The standard InChI is InChI=1S/C12H12Cl2N2O2/c13-5-7-15(8-6-14)16-11(17)9-3-1-2-4-10(9)12(16)18/h1-4H,5-8H2. The second-order valence-electron chi connectivity index (χ2n) is 3.80. The highest BCUT2D eigenvalue weighted by Crippen LogP contribution is 2.23. The third-order valence-electron chi connectivity index (χ3n) is 2.74. The van der Waals surface area contributed by atoms with Crippen LogP contribution in [0.2, 0.25) is 0 Å². The third-order valence-corrected chi connectivity index (χ3v) is 3.08. The number of benzene rings is 1. The van der Waals surface area contributed by atoms with Crippen molar-refractivity contribution in [3.05, 3.63) is 35.4 Å². The number of hydrazine groups is 1. The zero-order chi connectivity index (χ0) is 13.1. The van der Waals surface area contributed by atoms with E-state index in [9.17, 15) is 9.59 Å². The predicted molar refractivity (Wildman–Crippen MR) is 70.0 cm³/mol. The molecule has 0 spiro atoms. The summed E-state index contributed by atoms with van der Waals surface area (Å²) in [6, 6.07) is 6.77. The van der Waals surface area contributed by atoms with E-state index in [2.05, 4.69) is 0 Å². The summed E-state index contributed by atoms with van der Waals surface area (Å²) in [6.07, 6.45) is 0. The third kappa shape index (κ3) is 2.23. The molecule has 4 nitrogen and oxygen atoms in total. The van der Waals surface area contributed by atoms with Gasteiger partial charge >= 0.3 is 0 Å². The van der Waals surface area contributed by atoms with Crippen LogP contribution in [0.15, 0.2) is 24.3 Å². The first-order chi connectivity index (χ1) is 8.70. The Labute approximate surface area is 115 Å². The van der Waals surface area contributed by atoms with E-state index in [1.807, 2.05) is 0 Å². The lowest BCUT2D eigenvalue weighted by molar-refractivity contribution is 0.00689. The minimum absolute atomic E-state index is 0.314.